The molecular formula is C15H13N. The average molecular weight is 207 g/mol. The predicted molar refractivity (Wildman–Crippen MR) is 68.7 cm³/mol. The van der Waals surface area contributed by atoms with Crippen molar-refractivity contribution in [1.29, 1.82) is 0 Å². The van der Waals surface area contributed by atoms with Crippen molar-refractivity contribution in [3.05, 3.63) is 53.7 Å². The molecule has 0 aliphatic heterocycles. The first kappa shape index (κ1) is 9.34. The molecule has 78 valence electrons. The van der Waals surface area contributed by atoms with Gasteiger partial charge in [0.15, 0.2) is 0 Å². The smallest absolute Gasteiger partial charge is 0.0780 e. The first-order valence-corrected chi connectivity index (χ1v) is 5.50. The third-order valence-corrected chi connectivity index (χ3v) is 3.06. The molecule has 0 aliphatic carbocycles. The van der Waals surface area contributed by atoms with Gasteiger partial charge in [0.1, 0.15) is 0 Å². The van der Waals surface area contributed by atoms with Gasteiger partial charge >= 0.3 is 0 Å². The summed E-state index contributed by atoms with van der Waals surface area (Å²) in [6.45, 7) is 4.22. The highest BCUT2D eigenvalue weighted by Gasteiger charge is 2.03. The van der Waals surface area contributed by atoms with E-state index in [0.29, 0.717) is 0 Å². The highest BCUT2D eigenvalue weighted by molar-refractivity contribution is 6.06. The van der Waals surface area contributed by atoms with Crippen molar-refractivity contribution in [2.24, 2.45) is 0 Å². The van der Waals surface area contributed by atoms with Gasteiger partial charge < -0.3 is 0 Å². The zero-order valence-corrected chi connectivity index (χ0v) is 9.49. The predicted octanol–water partition coefficient (Wildman–Crippen LogP) is 4.00. The summed E-state index contributed by atoms with van der Waals surface area (Å²) >= 11 is 0. The molecule has 1 nitrogen and oxygen atoms in total. The van der Waals surface area contributed by atoms with E-state index in [1.165, 1.54) is 27.3 Å². The van der Waals surface area contributed by atoms with E-state index in [1.807, 2.05) is 6.20 Å². The fourth-order valence-electron chi connectivity index (χ4n) is 2.23. The summed E-state index contributed by atoms with van der Waals surface area (Å²) in [5, 5.41) is 3.77. The number of hydrogen-bond acceptors (Lipinski definition) is 1. The molecule has 2 aromatic carbocycles. The van der Waals surface area contributed by atoms with Crippen molar-refractivity contribution in [3.63, 3.8) is 0 Å². The summed E-state index contributed by atoms with van der Waals surface area (Å²) in [7, 11) is 0. The van der Waals surface area contributed by atoms with Crippen LogP contribution >= 0.6 is 0 Å². The van der Waals surface area contributed by atoms with Gasteiger partial charge in [0.2, 0.25) is 0 Å². The van der Waals surface area contributed by atoms with E-state index in [9.17, 15) is 0 Å². The van der Waals surface area contributed by atoms with Crippen molar-refractivity contribution in [1.82, 2.24) is 4.98 Å². The Labute approximate surface area is 94.7 Å². The average Bonchev–Trinajstić information content (AvgIpc) is 2.28. The van der Waals surface area contributed by atoms with Crippen LogP contribution in [0.25, 0.3) is 21.7 Å². The summed E-state index contributed by atoms with van der Waals surface area (Å²) in [5.74, 6) is 0. The topological polar surface area (TPSA) is 12.9 Å². The van der Waals surface area contributed by atoms with E-state index in [0.717, 1.165) is 5.52 Å². The van der Waals surface area contributed by atoms with Crippen LogP contribution in [0.4, 0.5) is 0 Å². The number of hydrogen-bond donors (Lipinski definition) is 0. The van der Waals surface area contributed by atoms with Gasteiger partial charge in [-0.15, -0.1) is 0 Å². The van der Waals surface area contributed by atoms with Gasteiger partial charge in [-0.05, 0) is 36.4 Å². The fourth-order valence-corrected chi connectivity index (χ4v) is 2.23. The van der Waals surface area contributed by atoms with E-state index < -0.39 is 0 Å². The van der Waals surface area contributed by atoms with Crippen LogP contribution in [0.15, 0.2) is 42.6 Å². The number of nitrogens with zero attached hydrogens (tertiary/aromatic N) is 1. The molecule has 0 radical (unpaired) electrons. The van der Waals surface area contributed by atoms with Gasteiger partial charge in [-0.3, -0.25) is 4.98 Å². The molecule has 1 aromatic heterocycles. The number of aryl methyl sites for hydroxylation is 2. The molecule has 0 unspecified atom stereocenters. The summed E-state index contributed by atoms with van der Waals surface area (Å²) < 4.78 is 0. The summed E-state index contributed by atoms with van der Waals surface area (Å²) in [6, 6.07) is 12.9. The largest absolute Gasteiger partial charge is 0.255 e. The summed E-state index contributed by atoms with van der Waals surface area (Å²) in [5.41, 5.74) is 3.62. The molecule has 0 saturated heterocycles. The van der Waals surface area contributed by atoms with Crippen LogP contribution in [-0.4, -0.2) is 4.98 Å². The van der Waals surface area contributed by atoms with Crippen LogP contribution < -0.4 is 0 Å². The van der Waals surface area contributed by atoms with Crippen LogP contribution in [0.3, 0.4) is 0 Å². The molecule has 0 N–H and O–H groups in total. The molecule has 0 spiro atoms. The molecule has 0 aliphatic rings. The van der Waals surface area contributed by atoms with Gasteiger partial charge in [0, 0.05) is 17.0 Å². The van der Waals surface area contributed by atoms with Gasteiger partial charge in [-0.2, -0.15) is 0 Å². The number of fused-ring (bicyclic) bond motifs is 3. The lowest BCUT2D eigenvalue weighted by atomic mass is 10.0. The lowest BCUT2D eigenvalue weighted by Crippen LogP contribution is -1.85. The second kappa shape index (κ2) is 3.31. The Bertz CT molecular complexity index is 683. The molecular weight excluding hydrogens is 194 g/mol. The van der Waals surface area contributed by atoms with Gasteiger partial charge in [-0.1, -0.05) is 30.3 Å². The van der Waals surface area contributed by atoms with Crippen molar-refractivity contribution in [2.75, 3.05) is 0 Å². The molecule has 0 bridgehead atoms. The van der Waals surface area contributed by atoms with Gasteiger partial charge in [-0.25, -0.2) is 0 Å². The minimum absolute atomic E-state index is 1.10. The Morgan fingerprint density at radius 1 is 0.938 bits per heavy atom. The van der Waals surface area contributed by atoms with E-state index in [-0.39, 0.29) is 0 Å². The molecule has 1 heteroatoms. The minimum atomic E-state index is 1.10. The molecule has 0 fully saturated rings. The van der Waals surface area contributed by atoms with Crippen molar-refractivity contribution < 1.29 is 0 Å². The van der Waals surface area contributed by atoms with Crippen LogP contribution in [0.2, 0.25) is 0 Å². The number of benzene rings is 2. The normalized spacial score (nSPS) is 11.1. The minimum Gasteiger partial charge on any atom is -0.255 e. The maximum Gasteiger partial charge on any atom is 0.0780 e. The van der Waals surface area contributed by atoms with E-state index in [2.05, 4.69) is 55.2 Å². The van der Waals surface area contributed by atoms with Crippen LogP contribution in [0.1, 0.15) is 11.1 Å². The zero-order chi connectivity index (χ0) is 11.1. The first-order valence-electron chi connectivity index (χ1n) is 5.50. The molecule has 0 amide bonds. The van der Waals surface area contributed by atoms with E-state index in [1.54, 1.807) is 0 Å². The summed E-state index contributed by atoms with van der Waals surface area (Å²) in [4.78, 5) is 4.55. The second-order valence-corrected chi connectivity index (χ2v) is 4.32. The van der Waals surface area contributed by atoms with E-state index in [4.69, 9.17) is 0 Å². The monoisotopic (exact) mass is 207 g/mol. The third kappa shape index (κ3) is 1.28. The number of rotatable bonds is 0. The zero-order valence-electron chi connectivity index (χ0n) is 9.49. The molecule has 0 saturated carbocycles. The maximum absolute atomic E-state index is 4.55. The Hall–Kier alpha value is -1.89. The van der Waals surface area contributed by atoms with Crippen LogP contribution in [-0.2, 0) is 0 Å². The quantitative estimate of drug-likeness (QED) is 0.508. The van der Waals surface area contributed by atoms with Crippen LogP contribution in [0.5, 0.6) is 0 Å². The van der Waals surface area contributed by atoms with Crippen LogP contribution in [0, 0.1) is 13.8 Å². The Balaban J connectivity index is 2.55. The highest BCUT2D eigenvalue weighted by Crippen LogP contribution is 2.26. The number of pyridine rings is 1. The van der Waals surface area contributed by atoms with E-state index >= 15 is 0 Å². The van der Waals surface area contributed by atoms with Gasteiger partial charge in [0.05, 0.1) is 5.52 Å². The molecule has 1 heterocycles. The fraction of sp³-hybridized carbons (Fsp3) is 0.133. The highest BCUT2D eigenvalue weighted by atomic mass is 14.7. The SMILES string of the molecule is Cc1cnc2c(ccc3c(C)cccc32)c1. The van der Waals surface area contributed by atoms with Crippen molar-refractivity contribution in [3.8, 4) is 0 Å². The van der Waals surface area contributed by atoms with Crippen molar-refractivity contribution >= 4 is 21.7 Å². The van der Waals surface area contributed by atoms with Gasteiger partial charge in [0.25, 0.3) is 0 Å². The maximum atomic E-state index is 4.55. The molecule has 16 heavy (non-hydrogen) atoms. The summed E-state index contributed by atoms with van der Waals surface area (Å²) in [6.07, 6.45) is 1.93. The molecule has 0 atom stereocenters. The first-order chi connectivity index (χ1) is 7.75. The standard InChI is InChI=1S/C15H13N/c1-10-8-12-6-7-13-11(2)4-3-5-14(13)15(12)16-9-10/h3-9H,1-2H3. The second-order valence-electron chi connectivity index (χ2n) is 4.32. The Kier molecular flexibility index (Phi) is 1.93. The third-order valence-electron chi connectivity index (χ3n) is 3.06. The molecule has 3 aromatic rings. The van der Waals surface area contributed by atoms with Crippen molar-refractivity contribution in [2.45, 2.75) is 13.8 Å². The lowest BCUT2D eigenvalue weighted by Gasteiger charge is -2.05. The molecule has 3 rings (SSSR count). The Morgan fingerprint density at radius 2 is 1.81 bits per heavy atom. The Morgan fingerprint density at radius 3 is 2.69 bits per heavy atom. The lowest BCUT2D eigenvalue weighted by molar-refractivity contribution is 1.34. The number of aromatic nitrogens is 1.